The molecule has 0 atom stereocenters. The lowest BCUT2D eigenvalue weighted by Crippen LogP contribution is -1.92. The van der Waals surface area contributed by atoms with Crippen LogP contribution in [0.25, 0.3) is 92.2 Å². The fourth-order valence-corrected chi connectivity index (χ4v) is 8.63. The van der Waals surface area contributed by atoms with Gasteiger partial charge in [-0.25, -0.2) is 0 Å². The van der Waals surface area contributed by atoms with E-state index in [0.29, 0.717) is 0 Å². The normalized spacial score (nSPS) is 11.6. The second-order valence-electron chi connectivity index (χ2n) is 12.9. The van der Waals surface area contributed by atoms with Gasteiger partial charge >= 0.3 is 0 Å². The van der Waals surface area contributed by atoms with Crippen LogP contribution >= 0.6 is 11.3 Å². The fourth-order valence-electron chi connectivity index (χ4n) is 7.61. The minimum Gasteiger partial charge on any atom is -0.309 e. The van der Waals surface area contributed by atoms with Gasteiger partial charge in [-0.1, -0.05) is 140 Å². The minimum absolute atomic E-state index is 1.18. The Morgan fingerprint density at radius 1 is 0.320 bits per heavy atom. The molecule has 10 aromatic rings. The third-order valence-corrected chi connectivity index (χ3v) is 11.2. The lowest BCUT2D eigenvalue weighted by atomic mass is 9.91. The first-order chi connectivity index (χ1) is 24.8. The largest absolute Gasteiger partial charge is 0.309 e. The van der Waals surface area contributed by atoms with Crippen LogP contribution in [-0.2, 0) is 0 Å². The van der Waals surface area contributed by atoms with Crippen molar-refractivity contribution in [3.8, 4) is 48.8 Å². The van der Waals surface area contributed by atoms with Crippen molar-refractivity contribution in [2.75, 3.05) is 0 Å². The second kappa shape index (κ2) is 11.7. The summed E-state index contributed by atoms with van der Waals surface area (Å²) in [6, 6.07) is 68.6. The lowest BCUT2D eigenvalue weighted by molar-refractivity contribution is 1.18. The van der Waals surface area contributed by atoms with Crippen LogP contribution in [-0.4, -0.2) is 4.57 Å². The average Bonchev–Trinajstić information content (AvgIpc) is 3.81. The molecular formula is C48H31NS. The zero-order chi connectivity index (χ0) is 33.0. The van der Waals surface area contributed by atoms with E-state index in [-0.39, 0.29) is 0 Å². The van der Waals surface area contributed by atoms with E-state index in [4.69, 9.17) is 0 Å². The summed E-state index contributed by atoms with van der Waals surface area (Å²) in [5, 5.41) is 7.67. The van der Waals surface area contributed by atoms with Crippen molar-refractivity contribution in [2.24, 2.45) is 0 Å². The number of benzene rings is 8. The maximum atomic E-state index is 2.37. The molecule has 0 radical (unpaired) electrons. The molecule has 0 saturated carbocycles. The molecule has 0 N–H and O–H groups in total. The van der Waals surface area contributed by atoms with Crippen molar-refractivity contribution >= 4 is 54.7 Å². The Kier molecular flexibility index (Phi) is 6.75. The highest BCUT2D eigenvalue weighted by Gasteiger charge is 2.14. The molecule has 0 fully saturated rings. The van der Waals surface area contributed by atoms with Crippen molar-refractivity contribution in [3.63, 3.8) is 0 Å². The summed E-state index contributed by atoms with van der Waals surface area (Å²) in [6.07, 6.45) is 0. The molecule has 0 spiro atoms. The molecule has 8 aromatic carbocycles. The zero-order valence-electron chi connectivity index (χ0n) is 27.3. The van der Waals surface area contributed by atoms with E-state index < -0.39 is 0 Å². The average molecular weight is 654 g/mol. The van der Waals surface area contributed by atoms with Gasteiger partial charge in [0.05, 0.1) is 11.0 Å². The lowest BCUT2D eigenvalue weighted by Gasteiger charge is -2.12. The van der Waals surface area contributed by atoms with E-state index in [0.717, 1.165) is 0 Å². The Morgan fingerprint density at radius 2 is 0.820 bits per heavy atom. The highest BCUT2D eigenvalue weighted by Crippen LogP contribution is 2.40. The first-order valence-electron chi connectivity index (χ1n) is 17.1. The fraction of sp³-hybridized carbons (Fsp3) is 0. The summed E-state index contributed by atoms with van der Waals surface area (Å²) in [4.78, 5) is 2.55. The molecule has 0 saturated heterocycles. The Bertz CT molecular complexity index is 2780. The molecule has 0 aliphatic rings. The molecule has 0 aliphatic carbocycles. The van der Waals surface area contributed by atoms with Crippen molar-refractivity contribution in [3.05, 3.63) is 188 Å². The van der Waals surface area contributed by atoms with Crippen LogP contribution in [0.2, 0.25) is 0 Å². The van der Waals surface area contributed by atoms with Gasteiger partial charge in [0.15, 0.2) is 0 Å². The molecule has 2 heteroatoms. The van der Waals surface area contributed by atoms with Crippen molar-refractivity contribution in [1.29, 1.82) is 0 Å². The van der Waals surface area contributed by atoms with E-state index in [1.54, 1.807) is 0 Å². The zero-order valence-corrected chi connectivity index (χ0v) is 28.1. The topological polar surface area (TPSA) is 4.93 Å². The van der Waals surface area contributed by atoms with E-state index in [1.165, 1.54) is 92.2 Å². The van der Waals surface area contributed by atoms with Gasteiger partial charge in [-0.05, 0) is 103 Å². The van der Waals surface area contributed by atoms with Crippen LogP contribution in [0.5, 0.6) is 0 Å². The van der Waals surface area contributed by atoms with Gasteiger partial charge in [-0.15, -0.1) is 11.3 Å². The number of hydrogen-bond donors (Lipinski definition) is 0. The van der Waals surface area contributed by atoms with Gasteiger partial charge in [-0.2, -0.15) is 0 Å². The van der Waals surface area contributed by atoms with Gasteiger partial charge < -0.3 is 4.57 Å². The monoisotopic (exact) mass is 653 g/mol. The van der Waals surface area contributed by atoms with Crippen LogP contribution in [0.15, 0.2) is 188 Å². The predicted molar refractivity (Wildman–Crippen MR) is 215 cm³/mol. The molecule has 2 heterocycles. The van der Waals surface area contributed by atoms with Crippen LogP contribution in [0.4, 0.5) is 0 Å². The number of aromatic nitrogens is 1. The summed E-state index contributed by atoms with van der Waals surface area (Å²) < 4.78 is 2.37. The predicted octanol–water partition coefficient (Wildman–Crippen LogP) is 13.8. The third kappa shape index (κ3) is 4.76. The molecule has 0 unspecified atom stereocenters. The molecule has 50 heavy (non-hydrogen) atoms. The Balaban J connectivity index is 0.952. The van der Waals surface area contributed by atoms with Crippen LogP contribution in [0, 0.1) is 0 Å². The van der Waals surface area contributed by atoms with E-state index in [1.807, 2.05) is 11.3 Å². The molecule has 0 amide bonds. The van der Waals surface area contributed by atoms with Crippen LogP contribution in [0.1, 0.15) is 0 Å². The molecule has 10 rings (SSSR count). The summed E-state index contributed by atoms with van der Waals surface area (Å²) in [6.45, 7) is 0. The number of nitrogens with zero attached hydrogens (tertiary/aromatic N) is 1. The van der Waals surface area contributed by atoms with Gasteiger partial charge in [0, 0.05) is 26.2 Å². The van der Waals surface area contributed by atoms with Crippen molar-refractivity contribution in [2.45, 2.75) is 0 Å². The first kappa shape index (κ1) is 28.8. The maximum absolute atomic E-state index is 2.37. The maximum Gasteiger partial charge on any atom is 0.0541 e. The van der Waals surface area contributed by atoms with E-state index >= 15 is 0 Å². The molecule has 1 nitrogen and oxygen atoms in total. The number of thiophene rings is 1. The summed E-state index contributed by atoms with van der Waals surface area (Å²) in [5.41, 5.74) is 11.1. The summed E-state index contributed by atoms with van der Waals surface area (Å²) in [7, 11) is 0. The minimum atomic E-state index is 1.18. The summed E-state index contributed by atoms with van der Waals surface area (Å²) in [5.74, 6) is 0. The third-order valence-electron chi connectivity index (χ3n) is 10.0. The van der Waals surface area contributed by atoms with Crippen molar-refractivity contribution < 1.29 is 0 Å². The first-order valence-corrected chi connectivity index (χ1v) is 17.9. The van der Waals surface area contributed by atoms with Gasteiger partial charge in [0.25, 0.3) is 0 Å². The molecule has 2 aromatic heterocycles. The Morgan fingerprint density at radius 3 is 1.48 bits per heavy atom. The number of rotatable bonds is 5. The summed E-state index contributed by atoms with van der Waals surface area (Å²) >= 11 is 1.85. The quantitative estimate of drug-likeness (QED) is 0.163. The number of fused-ring (bicyclic) bond motifs is 5. The second-order valence-corrected chi connectivity index (χ2v) is 14.0. The molecule has 234 valence electrons. The Labute approximate surface area is 295 Å². The Hall–Kier alpha value is -6.22. The van der Waals surface area contributed by atoms with E-state index in [9.17, 15) is 0 Å². The molecule has 0 aliphatic heterocycles. The van der Waals surface area contributed by atoms with Crippen molar-refractivity contribution in [1.82, 2.24) is 4.57 Å². The number of hydrogen-bond acceptors (Lipinski definition) is 1. The highest BCUT2D eigenvalue weighted by molar-refractivity contribution is 7.18. The van der Waals surface area contributed by atoms with Crippen LogP contribution in [0.3, 0.4) is 0 Å². The number of para-hydroxylation sites is 2. The SMILES string of the molecule is c1ccc(-n2c3ccccc3c3cc(-c4ccc(-c5ccc(-c6ccc(-c7c8ccccc8cc8ccccc78)cc6)s5)cc4)ccc32)cc1. The highest BCUT2D eigenvalue weighted by atomic mass is 32.1. The van der Waals surface area contributed by atoms with Gasteiger partial charge in [-0.3, -0.25) is 0 Å². The molecular weight excluding hydrogens is 623 g/mol. The van der Waals surface area contributed by atoms with Gasteiger partial charge in [0.1, 0.15) is 0 Å². The molecule has 0 bridgehead atoms. The standard InChI is InChI=1S/C48H31NS/c1-2-12-39(13-3-1)49-44-17-9-8-16-42(44)43-31-36(26-27-45(43)49)32-18-20-33(21-19-32)46-28-29-47(50-46)34-22-24-35(25-23-34)48-40-14-6-4-10-37(40)30-38-11-5-7-15-41(38)48/h1-31H. The van der Waals surface area contributed by atoms with Gasteiger partial charge in [0.2, 0.25) is 0 Å². The van der Waals surface area contributed by atoms with E-state index in [2.05, 4.69) is 193 Å². The smallest absolute Gasteiger partial charge is 0.0541 e. The van der Waals surface area contributed by atoms with Crippen LogP contribution < -0.4 is 0 Å².